The van der Waals surface area contributed by atoms with E-state index in [1.54, 1.807) is 0 Å². The molecule has 5 heteroatoms. The SMILES string of the molecule is Cc1cc(N2CC[C@@H](O)[C@@](CC3CC3)(C(=O)O)C2)nc2ccccc12. The second-order valence-corrected chi connectivity index (χ2v) is 7.65. The van der Waals surface area contributed by atoms with E-state index in [0.717, 1.165) is 35.1 Å². The van der Waals surface area contributed by atoms with Crippen molar-refractivity contribution < 1.29 is 15.0 Å². The van der Waals surface area contributed by atoms with E-state index in [1.807, 2.05) is 29.2 Å². The zero-order chi connectivity index (χ0) is 17.6. The maximum Gasteiger partial charge on any atom is 0.314 e. The van der Waals surface area contributed by atoms with Gasteiger partial charge >= 0.3 is 5.97 Å². The first-order valence-electron chi connectivity index (χ1n) is 9.02. The van der Waals surface area contributed by atoms with Crippen LogP contribution < -0.4 is 4.90 Å². The number of para-hydroxylation sites is 1. The number of benzene rings is 1. The summed E-state index contributed by atoms with van der Waals surface area (Å²) in [6, 6.07) is 10.0. The number of anilines is 1. The molecule has 0 unspecified atom stereocenters. The number of piperidine rings is 1. The highest BCUT2D eigenvalue weighted by Gasteiger charge is 2.52. The average molecular weight is 340 g/mol. The monoisotopic (exact) mass is 340 g/mol. The molecule has 1 aliphatic carbocycles. The van der Waals surface area contributed by atoms with E-state index in [0.29, 0.717) is 31.8 Å². The fourth-order valence-electron chi connectivity index (χ4n) is 4.10. The lowest BCUT2D eigenvalue weighted by molar-refractivity contribution is -0.158. The lowest BCUT2D eigenvalue weighted by atomic mass is 9.73. The maximum absolute atomic E-state index is 12.1. The van der Waals surface area contributed by atoms with Crippen LogP contribution in [0, 0.1) is 18.3 Å². The Labute approximate surface area is 147 Å². The van der Waals surface area contributed by atoms with Gasteiger partial charge in [0.25, 0.3) is 0 Å². The van der Waals surface area contributed by atoms with E-state index in [1.165, 1.54) is 0 Å². The highest BCUT2D eigenvalue weighted by atomic mass is 16.4. The van der Waals surface area contributed by atoms with Crippen LogP contribution in [0.4, 0.5) is 5.82 Å². The molecular formula is C20H24N2O3. The highest BCUT2D eigenvalue weighted by Crippen LogP contribution is 2.45. The Bertz CT molecular complexity index is 818. The lowest BCUT2D eigenvalue weighted by Crippen LogP contribution is -2.56. The number of hydrogen-bond acceptors (Lipinski definition) is 4. The number of aryl methyl sites for hydroxylation is 1. The van der Waals surface area contributed by atoms with Gasteiger partial charge in [0.2, 0.25) is 0 Å². The number of carboxylic acid groups (broad SMARTS) is 1. The number of rotatable bonds is 4. The molecule has 2 N–H and O–H groups in total. The Hall–Kier alpha value is -2.14. The molecule has 0 bridgehead atoms. The summed E-state index contributed by atoms with van der Waals surface area (Å²) >= 11 is 0. The van der Waals surface area contributed by atoms with Gasteiger partial charge in [-0.05, 0) is 43.4 Å². The number of aromatic nitrogens is 1. The largest absolute Gasteiger partial charge is 0.481 e. The molecule has 2 fully saturated rings. The summed E-state index contributed by atoms with van der Waals surface area (Å²) in [5.41, 5.74) is 0.974. The number of hydrogen-bond donors (Lipinski definition) is 2. The van der Waals surface area contributed by atoms with Gasteiger partial charge in [0.15, 0.2) is 0 Å². The standard InChI is InChI=1S/C20H24N2O3/c1-13-10-18(21-16-5-3-2-4-15(13)16)22-9-8-17(23)20(12-22,19(24)25)11-14-6-7-14/h2-5,10,14,17,23H,6-9,11-12H2,1H3,(H,24,25)/t17-,20+/m1/s1. The Balaban J connectivity index is 1.69. The third-order valence-corrected chi connectivity index (χ3v) is 5.79. The molecule has 1 aromatic heterocycles. The first-order chi connectivity index (χ1) is 12.0. The van der Waals surface area contributed by atoms with E-state index < -0.39 is 17.5 Å². The summed E-state index contributed by atoms with van der Waals surface area (Å²) < 4.78 is 0. The second kappa shape index (κ2) is 5.99. The lowest BCUT2D eigenvalue weighted by Gasteiger charge is -2.44. The zero-order valence-electron chi connectivity index (χ0n) is 14.5. The van der Waals surface area contributed by atoms with Gasteiger partial charge in [0.05, 0.1) is 11.6 Å². The summed E-state index contributed by atoms with van der Waals surface area (Å²) in [6.45, 7) is 3.01. The number of carboxylic acids is 1. The molecule has 2 heterocycles. The average Bonchev–Trinajstić information content (AvgIpc) is 3.40. The smallest absolute Gasteiger partial charge is 0.314 e. The van der Waals surface area contributed by atoms with Crippen molar-refractivity contribution in [3.05, 3.63) is 35.9 Å². The van der Waals surface area contributed by atoms with Crippen LogP contribution in [0.2, 0.25) is 0 Å². The second-order valence-electron chi connectivity index (χ2n) is 7.65. The predicted octanol–water partition coefficient (Wildman–Crippen LogP) is 2.99. The summed E-state index contributed by atoms with van der Waals surface area (Å²) in [5, 5.41) is 21.6. The third kappa shape index (κ3) is 2.86. The van der Waals surface area contributed by atoms with Gasteiger partial charge in [0, 0.05) is 18.5 Å². The van der Waals surface area contributed by atoms with E-state index in [9.17, 15) is 15.0 Å². The Morgan fingerprint density at radius 3 is 2.80 bits per heavy atom. The Morgan fingerprint density at radius 2 is 2.08 bits per heavy atom. The van der Waals surface area contributed by atoms with Crippen molar-refractivity contribution in [2.24, 2.45) is 11.3 Å². The molecule has 1 aliphatic heterocycles. The van der Waals surface area contributed by atoms with Gasteiger partial charge < -0.3 is 15.1 Å². The first-order valence-corrected chi connectivity index (χ1v) is 9.02. The van der Waals surface area contributed by atoms with Gasteiger partial charge in [-0.2, -0.15) is 0 Å². The number of carbonyl (C=O) groups is 1. The Kier molecular flexibility index (Phi) is 3.91. The number of fused-ring (bicyclic) bond motifs is 1. The molecule has 25 heavy (non-hydrogen) atoms. The van der Waals surface area contributed by atoms with Crippen molar-refractivity contribution in [2.75, 3.05) is 18.0 Å². The van der Waals surface area contributed by atoms with Crippen LogP contribution in [-0.2, 0) is 4.79 Å². The van der Waals surface area contributed by atoms with Gasteiger partial charge in [-0.25, -0.2) is 4.98 Å². The van der Waals surface area contributed by atoms with Gasteiger partial charge in [-0.15, -0.1) is 0 Å². The van der Waals surface area contributed by atoms with Crippen molar-refractivity contribution in [3.8, 4) is 0 Å². The molecule has 0 spiro atoms. The minimum absolute atomic E-state index is 0.324. The Morgan fingerprint density at radius 1 is 1.32 bits per heavy atom. The summed E-state index contributed by atoms with van der Waals surface area (Å²) in [7, 11) is 0. The van der Waals surface area contributed by atoms with Crippen LogP contribution >= 0.6 is 0 Å². The van der Waals surface area contributed by atoms with Crippen molar-refractivity contribution >= 4 is 22.7 Å². The van der Waals surface area contributed by atoms with Crippen LogP contribution in [0.1, 0.15) is 31.2 Å². The summed E-state index contributed by atoms with van der Waals surface area (Å²) in [4.78, 5) is 18.9. The van der Waals surface area contributed by atoms with Crippen LogP contribution in [0.5, 0.6) is 0 Å². The highest BCUT2D eigenvalue weighted by molar-refractivity contribution is 5.84. The molecule has 1 aromatic carbocycles. The molecule has 5 nitrogen and oxygen atoms in total. The number of aliphatic carboxylic acids is 1. The van der Waals surface area contributed by atoms with Crippen molar-refractivity contribution in [3.63, 3.8) is 0 Å². The molecule has 4 rings (SSSR count). The molecule has 132 valence electrons. The van der Waals surface area contributed by atoms with Crippen LogP contribution in [0.25, 0.3) is 10.9 Å². The van der Waals surface area contributed by atoms with Gasteiger partial charge in [0.1, 0.15) is 11.2 Å². The number of nitrogens with zero attached hydrogens (tertiary/aromatic N) is 2. The minimum atomic E-state index is -1.08. The number of aliphatic hydroxyl groups excluding tert-OH is 1. The van der Waals surface area contributed by atoms with E-state index >= 15 is 0 Å². The van der Waals surface area contributed by atoms with Crippen LogP contribution in [0.3, 0.4) is 0 Å². The van der Waals surface area contributed by atoms with Crippen molar-refractivity contribution in [1.29, 1.82) is 0 Å². The molecule has 1 saturated carbocycles. The molecule has 1 saturated heterocycles. The number of pyridine rings is 1. The molecule has 0 radical (unpaired) electrons. The molecule has 0 amide bonds. The normalized spacial score (nSPS) is 26.8. The maximum atomic E-state index is 12.1. The van der Waals surface area contributed by atoms with Crippen LogP contribution in [0.15, 0.2) is 30.3 Å². The predicted molar refractivity (Wildman–Crippen MR) is 96.7 cm³/mol. The van der Waals surface area contributed by atoms with E-state index in [-0.39, 0.29) is 0 Å². The summed E-state index contributed by atoms with van der Waals surface area (Å²) in [6.07, 6.45) is 2.40. The summed E-state index contributed by atoms with van der Waals surface area (Å²) in [5.74, 6) is 0.371. The molecular weight excluding hydrogens is 316 g/mol. The molecule has 2 aromatic rings. The molecule has 2 atom stereocenters. The fraction of sp³-hybridized carbons (Fsp3) is 0.500. The van der Waals surface area contributed by atoms with Gasteiger partial charge in [-0.3, -0.25) is 4.79 Å². The van der Waals surface area contributed by atoms with Crippen LogP contribution in [-0.4, -0.2) is 40.4 Å². The quantitative estimate of drug-likeness (QED) is 0.895. The van der Waals surface area contributed by atoms with E-state index in [4.69, 9.17) is 4.98 Å². The third-order valence-electron chi connectivity index (χ3n) is 5.79. The van der Waals surface area contributed by atoms with Gasteiger partial charge in [-0.1, -0.05) is 31.0 Å². The number of aliphatic hydroxyl groups is 1. The topological polar surface area (TPSA) is 73.7 Å². The van der Waals surface area contributed by atoms with Crippen molar-refractivity contribution in [2.45, 2.75) is 38.7 Å². The molecule has 2 aliphatic rings. The first kappa shape index (κ1) is 16.3. The van der Waals surface area contributed by atoms with E-state index in [2.05, 4.69) is 13.0 Å². The zero-order valence-corrected chi connectivity index (χ0v) is 14.5. The van der Waals surface area contributed by atoms with Crippen molar-refractivity contribution in [1.82, 2.24) is 4.98 Å². The minimum Gasteiger partial charge on any atom is -0.481 e. The fourth-order valence-corrected chi connectivity index (χ4v) is 4.10.